The average Bonchev–Trinajstić information content (AvgIpc) is 2.92. The van der Waals surface area contributed by atoms with Crippen LogP contribution < -0.4 is 0 Å². The zero-order chi connectivity index (χ0) is 14.0. The van der Waals surface area contributed by atoms with E-state index in [0.717, 1.165) is 19.3 Å². The van der Waals surface area contributed by atoms with Gasteiger partial charge in [0.15, 0.2) is 0 Å². The first-order valence-electron chi connectivity index (χ1n) is 7.12. The molecule has 0 aromatic rings. The number of fused-ring (bicyclic) bond motifs is 1. The van der Waals surface area contributed by atoms with Crippen LogP contribution in [0.1, 0.15) is 39.5 Å². The van der Waals surface area contributed by atoms with Gasteiger partial charge in [-0.3, -0.25) is 9.59 Å². The molecule has 2 aliphatic rings. The largest absolute Gasteiger partial charge is 0.481 e. The van der Waals surface area contributed by atoms with Gasteiger partial charge in [0.05, 0.1) is 11.5 Å². The third-order valence-corrected chi connectivity index (χ3v) is 4.72. The zero-order valence-corrected chi connectivity index (χ0v) is 11.7. The summed E-state index contributed by atoms with van der Waals surface area (Å²) in [6.07, 6.45) is 3.52. The maximum Gasteiger partial charge on any atom is 0.311 e. The lowest BCUT2D eigenvalue weighted by molar-refractivity contribution is -0.150. The van der Waals surface area contributed by atoms with Gasteiger partial charge in [0, 0.05) is 13.1 Å². The topological polar surface area (TPSA) is 66.8 Å². The normalized spacial score (nSPS) is 31.3. The minimum absolute atomic E-state index is 0.0669. The fourth-order valence-corrected chi connectivity index (χ4v) is 3.25. The molecule has 1 amide bonds. The van der Waals surface area contributed by atoms with Crippen LogP contribution >= 0.6 is 0 Å². The number of ether oxygens (including phenoxy) is 1. The Hall–Kier alpha value is -1.10. The Morgan fingerprint density at radius 2 is 2.26 bits per heavy atom. The molecule has 2 rings (SSSR count). The van der Waals surface area contributed by atoms with Gasteiger partial charge in [0.1, 0.15) is 6.61 Å². The molecule has 1 unspecified atom stereocenters. The van der Waals surface area contributed by atoms with Gasteiger partial charge in [-0.1, -0.05) is 13.3 Å². The predicted molar refractivity (Wildman–Crippen MR) is 69.7 cm³/mol. The van der Waals surface area contributed by atoms with Crippen LogP contribution in [-0.4, -0.2) is 47.7 Å². The molecule has 1 heterocycles. The zero-order valence-electron chi connectivity index (χ0n) is 11.7. The lowest BCUT2D eigenvalue weighted by atomic mass is 9.81. The molecule has 5 heteroatoms. The minimum Gasteiger partial charge on any atom is -0.481 e. The number of amides is 1. The Morgan fingerprint density at radius 1 is 1.53 bits per heavy atom. The summed E-state index contributed by atoms with van der Waals surface area (Å²) in [4.78, 5) is 25.3. The van der Waals surface area contributed by atoms with Crippen molar-refractivity contribution in [2.75, 3.05) is 19.7 Å². The number of carbonyl (C=O) groups excluding carboxylic acids is 1. The maximum atomic E-state index is 12.1. The lowest BCUT2D eigenvalue weighted by Crippen LogP contribution is -2.38. The Kier molecular flexibility index (Phi) is 4.13. The van der Waals surface area contributed by atoms with Crippen molar-refractivity contribution in [3.8, 4) is 0 Å². The first kappa shape index (κ1) is 14.3. The van der Waals surface area contributed by atoms with Crippen molar-refractivity contribution in [1.29, 1.82) is 0 Å². The van der Waals surface area contributed by atoms with Gasteiger partial charge in [-0.25, -0.2) is 0 Å². The van der Waals surface area contributed by atoms with Crippen molar-refractivity contribution < 1.29 is 19.4 Å². The molecule has 3 atom stereocenters. The average molecular weight is 269 g/mol. The second-order valence-electron chi connectivity index (χ2n) is 5.85. The molecular formula is C14H23NO4. The van der Waals surface area contributed by atoms with E-state index in [-0.39, 0.29) is 24.5 Å². The summed E-state index contributed by atoms with van der Waals surface area (Å²) in [6, 6.07) is 0. The fraction of sp³-hybridized carbons (Fsp3) is 0.857. The molecule has 5 nitrogen and oxygen atoms in total. The molecule has 1 N–H and O–H groups in total. The Balaban J connectivity index is 1.94. The highest BCUT2D eigenvalue weighted by Gasteiger charge is 2.55. The van der Waals surface area contributed by atoms with Crippen molar-refractivity contribution in [2.24, 2.45) is 11.3 Å². The van der Waals surface area contributed by atoms with E-state index < -0.39 is 11.4 Å². The van der Waals surface area contributed by atoms with E-state index in [1.54, 1.807) is 4.90 Å². The molecule has 1 saturated carbocycles. The summed E-state index contributed by atoms with van der Waals surface area (Å²) < 4.78 is 5.44. The smallest absolute Gasteiger partial charge is 0.311 e. The van der Waals surface area contributed by atoms with E-state index in [0.29, 0.717) is 19.5 Å². The van der Waals surface area contributed by atoms with Crippen molar-refractivity contribution in [1.82, 2.24) is 4.90 Å². The molecule has 19 heavy (non-hydrogen) atoms. The van der Waals surface area contributed by atoms with Gasteiger partial charge in [0.25, 0.3) is 0 Å². The highest BCUT2D eigenvalue weighted by atomic mass is 16.5. The number of carbonyl (C=O) groups is 2. The van der Waals surface area contributed by atoms with E-state index in [4.69, 9.17) is 4.74 Å². The summed E-state index contributed by atoms with van der Waals surface area (Å²) in [5, 5.41) is 9.46. The first-order valence-corrected chi connectivity index (χ1v) is 7.12. The molecule has 108 valence electrons. The van der Waals surface area contributed by atoms with Crippen LogP contribution in [0.15, 0.2) is 0 Å². The summed E-state index contributed by atoms with van der Waals surface area (Å²) in [6.45, 7) is 4.95. The molecule has 0 aromatic heterocycles. The molecule has 2 fully saturated rings. The summed E-state index contributed by atoms with van der Waals surface area (Å²) in [5.74, 6) is -0.694. The molecule has 0 aromatic carbocycles. The van der Waals surface area contributed by atoms with Crippen LogP contribution in [0.5, 0.6) is 0 Å². The number of hydrogen-bond acceptors (Lipinski definition) is 3. The molecule has 1 saturated heterocycles. The number of rotatable bonds is 5. The lowest BCUT2D eigenvalue weighted by Gasteiger charge is -2.23. The van der Waals surface area contributed by atoms with Gasteiger partial charge in [0.2, 0.25) is 5.91 Å². The number of carboxylic acid groups (broad SMARTS) is 1. The SMILES string of the molecule is CCC(C)OCC(=O)N1C[C@@H]2CCC[C@@]2(C(=O)O)C1. The molecular weight excluding hydrogens is 246 g/mol. The molecule has 1 aliphatic carbocycles. The Morgan fingerprint density at radius 3 is 2.84 bits per heavy atom. The maximum absolute atomic E-state index is 12.1. The van der Waals surface area contributed by atoms with Crippen molar-refractivity contribution in [3.05, 3.63) is 0 Å². The molecule has 1 aliphatic heterocycles. The second-order valence-corrected chi connectivity index (χ2v) is 5.85. The van der Waals surface area contributed by atoms with Gasteiger partial charge in [-0.15, -0.1) is 0 Å². The van der Waals surface area contributed by atoms with Crippen LogP contribution in [0.2, 0.25) is 0 Å². The van der Waals surface area contributed by atoms with Crippen molar-refractivity contribution in [2.45, 2.75) is 45.6 Å². The second kappa shape index (κ2) is 5.49. The minimum atomic E-state index is -0.742. The Labute approximate surface area is 113 Å². The highest BCUT2D eigenvalue weighted by Crippen LogP contribution is 2.48. The van der Waals surface area contributed by atoms with Crippen molar-refractivity contribution >= 4 is 11.9 Å². The number of nitrogens with zero attached hydrogens (tertiary/aromatic N) is 1. The summed E-state index contributed by atoms with van der Waals surface area (Å²) in [5.41, 5.74) is -0.688. The molecule has 0 radical (unpaired) electrons. The molecule has 0 spiro atoms. The Bertz CT molecular complexity index is 370. The van der Waals surface area contributed by atoms with Gasteiger partial charge < -0.3 is 14.7 Å². The standard InChI is InChI=1S/C14H23NO4/c1-3-10(2)19-8-12(16)15-7-11-5-4-6-14(11,9-15)13(17)18/h10-11H,3-9H2,1-2H3,(H,17,18)/t10?,11-,14+/m0/s1. The highest BCUT2D eigenvalue weighted by molar-refractivity contribution is 5.82. The van der Waals surface area contributed by atoms with E-state index in [1.807, 2.05) is 13.8 Å². The van der Waals surface area contributed by atoms with E-state index in [1.165, 1.54) is 0 Å². The van der Waals surface area contributed by atoms with E-state index >= 15 is 0 Å². The monoisotopic (exact) mass is 269 g/mol. The first-order chi connectivity index (χ1) is 8.99. The van der Waals surface area contributed by atoms with Crippen LogP contribution in [0.25, 0.3) is 0 Å². The van der Waals surface area contributed by atoms with Crippen molar-refractivity contribution in [3.63, 3.8) is 0 Å². The van der Waals surface area contributed by atoms with Crippen LogP contribution in [0.3, 0.4) is 0 Å². The summed E-state index contributed by atoms with van der Waals surface area (Å²) in [7, 11) is 0. The van der Waals surface area contributed by atoms with Crippen LogP contribution in [0.4, 0.5) is 0 Å². The number of hydrogen-bond donors (Lipinski definition) is 1. The number of likely N-dealkylation sites (tertiary alicyclic amines) is 1. The number of carboxylic acids is 1. The summed E-state index contributed by atoms with van der Waals surface area (Å²) >= 11 is 0. The third-order valence-electron chi connectivity index (χ3n) is 4.72. The number of aliphatic carboxylic acids is 1. The van der Waals surface area contributed by atoms with Gasteiger partial charge in [-0.2, -0.15) is 0 Å². The van der Waals surface area contributed by atoms with Gasteiger partial charge >= 0.3 is 5.97 Å². The third kappa shape index (κ3) is 2.61. The molecule has 0 bridgehead atoms. The van der Waals surface area contributed by atoms with Crippen LogP contribution in [-0.2, 0) is 14.3 Å². The van der Waals surface area contributed by atoms with E-state index in [9.17, 15) is 14.7 Å². The van der Waals surface area contributed by atoms with Gasteiger partial charge in [-0.05, 0) is 32.1 Å². The predicted octanol–water partition coefficient (Wildman–Crippen LogP) is 1.51. The van der Waals surface area contributed by atoms with E-state index in [2.05, 4.69) is 0 Å². The quantitative estimate of drug-likeness (QED) is 0.821. The van der Waals surface area contributed by atoms with Crippen LogP contribution in [0, 0.1) is 11.3 Å². The fourth-order valence-electron chi connectivity index (χ4n) is 3.25.